The van der Waals surface area contributed by atoms with E-state index >= 15 is 0 Å². The van der Waals surface area contributed by atoms with E-state index in [0.29, 0.717) is 19.8 Å². The highest BCUT2D eigenvalue weighted by Crippen LogP contribution is 2.24. The summed E-state index contributed by atoms with van der Waals surface area (Å²) >= 11 is 0. The van der Waals surface area contributed by atoms with Gasteiger partial charge in [-0.15, -0.1) is 0 Å². The van der Waals surface area contributed by atoms with Crippen LogP contribution in [0.15, 0.2) is 42.5 Å². The van der Waals surface area contributed by atoms with Gasteiger partial charge >= 0.3 is 0 Å². The number of aryl methyl sites for hydroxylation is 1. The molecule has 0 aromatic heterocycles. The molecule has 0 bridgehead atoms. The minimum Gasteiger partial charge on any atom is -0.494 e. The van der Waals surface area contributed by atoms with E-state index in [1.54, 1.807) is 0 Å². The molecule has 6 nitrogen and oxygen atoms in total. The fourth-order valence-electron chi connectivity index (χ4n) is 4.59. The molecule has 6 heteroatoms. The predicted molar refractivity (Wildman–Crippen MR) is 132 cm³/mol. The zero-order valence-electron chi connectivity index (χ0n) is 20.0. The van der Waals surface area contributed by atoms with E-state index in [0.717, 1.165) is 57.7 Å². The molecule has 2 aromatic rings. The smallest absolute Gasteiger partial charge is 0.249 e. The number of piperazine rings is 1. The zero-order chi connectivity index (χ0) is 23.0. The molecule has 2 fully saturated rings. The van der Waals surface area contributed by atoms with Crippen LogP contribution < -0.4 is 15.0 Å². The van der Waals surface area contributed by atoms with Crippen molar-refractivity contribution in [1.82, 2.24) is 10.2 Å². The van der Waals surface area contributed by atoms with Crippen LogP contribution in [0.25, 0.3) is 0 Å². The van der Waals surface area contributed by atoms with Crippen molar-refractivity contribution in [1.29, 1.82) is 0 Å². The second-order valence-electron chi connectivity index (χ2n) is 9.12. The quantitative estimate of drug-likeness (QED) is 0.590. The highest BCUT2D eigenvalue weighted by atomic mass is 16.5. The molecule has 0 unspecified atom stereocenters. The molecule has 2 aliphatic heterocycles. The van der Waals surface area contributed by atoms with Gasteiger partial charge in [0, 0.05) is 51.6 Å². The van der Waals surface area contributed by atoms with Crippen LogP contribution in [-0.4, -0.2) is 62.8 Å². The number of nitrogens with zero attached hydrogens (tertiary/aromatic N) is 2. The lowest BCUT2D eigenvalue weighted by atomic mass is 10.1. The second-order valence-corrected chi connectivity index (χ2v) is 9.12. The molecule has 0 radical (unpaired) electrons. The summed E-state index contributed by atoms with van der Waals surface area (Å²) in [4.78, 5) is 17.0. The Kier molecular flexibility index (Phi) is 8.24. The number of carbonyl (C=O) groups is 1. The maximum Gasteiger partial charge on any atom is 0.249 e. The molecule has 2 heterocycles. The van der Waals surface area contributed by atoms with Gasteiger partial charge in [-0.2, -0.15) is 0 Å². The van der Waals surface area contributed by atoms with E-state index in [9.17, 15) is 4.79 Å². The Morgan fingerprint density at radius 2 is 1.94 bits per heavy atom. The number of carbonyl (C=O) groups excluding carboxylic acids is 1. The van der Waals surface area contributed by atoms with Crippen molar-refractivity contribution in [2.75, 3.05) is 50.8 Å². The number of hydrogen-bond acceptors (Lipinski definition) is 5. The van der Waals surface area contributed by atoms with Gasteiger partial charge in [-0.25, -0.2) is 0 Å². The maximum absolute atomic E-state index is 12.0. The largest absolute Gasteiger partial charge is 0.494 e. The fourth-order valence-corrected chi connectivity index (χ4v) is 4.59. The average molecular weight is 452 g/mol. The first-order valence-electron chi connectivity index (χ1n) is 12.2. The van der Waals surface area contributed by atoms with Crippen molar-refractivity contribution in [2.45, 2.75) is 45.8 Å². The van der Waals surface area contributed by atoms with Gasteiger partial charge in [-0.3, -0.25) is 9.69 Å². The first-order valence-corrected chi connectivity index (χ1v) is 12.2. The van der Waals surface area contributed by atoms with Gasteiger partial charge in [-0.05, 0) is 68.0 Å². The molecule has 33 heavy (non-hydrogen) atoms. The molecular formula is C27H37N3O3. The zero-order valence-corrected chi connectivity index (χ0v) is 20.0. The lowest BCUT2D eigenvalue weighted by molar-refractivity contribution is -0.130. The third kappa shape index (κ3) is 6.49. The molecule has 1 N–H and O–H groups in total. The Labute approximate surface area is 197 Å². The molecule has 1 atom stereocenters. The third-order valence-electron chi connectivity index (χ3n) is 6.70. The monoisotopic (exact) mass is 451 g/mol. The molecule has 4 rings (SSSR count). The van der Waals surface area contributed by atoms with Gasteiger partial charge < -0.3 is 19.7 Å². The topological polar surface area (TPSA) is 54.0 Å². The Balaban J connectivity index is 1.18. The summed E-state index contributed by atoms with van der Waals surface area (Å²) in [5.41, 5.74) is 5.40. The fraction of sp³-hybridized carbons (Fsp3) is 0.519. The van der Waals surface area contributed by atoms with Crippen molar-refractivity contribution >= 4 is 11.6 Å². The van der Waals surface area contributed by atoms with Crippen LogP contribution in [0.1, 0.15) is 36.0 Å². The number of rotatable bonds is 9. The summed E-state index contributed by atoms with van der Waals surface area (Å²) in [6, 6.07) is 15.0. The highest BCUT2D eigenvalue weighted by Gasteiger charge is 2.23. The van der Waals surface area contributed by atoms with E-state index < -0.39 is 0 Å². The first kappa shape index (κ1) is 23.6. The maximum atomic E-state index is 12.0. The van der Waals surface area contributed by atoms with Crippen LogP contribution in [0.2, 0.25) is 0 Å². The van der Waals surface area contributed by atoms with Crippen molar-refractivity contribution in [2.24, 2.45) is 0 Å². The standard InChI is InChI=1S/C27H37N3O3/c1-21-7-3-10-25(22(21)2)30-15-13-29(14-16-30)20-23-8-4-9-24(19-23)32-18-6-12-28-27(31)26-11-5-17-33-26/h3-4,7-10,19,26H,5-6,11-18,20H2,1-2H3,(H,28,31)/t26-/m1/s1. The summed E-state index contributed by atoms with van der Waals surface area (Å²) in [6.07, 6.45) is 2.32. The van der Waals surface area contributed by atoms with Crippen molar-refractivity contribution in [3.8, 4) is 5.75 Å². The van der Waals surface area contributed by atoms with E-state index in [-0.39, 0.29) is 12.0 Å². The number of amides is 1. The van der Waals surface area contributed by atoms with Gasteiger partial charge in [-0.1, -0.05) is 24.3 Å². The van der Waals surface area contributed by atoms with Crippen LogP contribution in [0.5, 0.6) is 5.75 Å². The van der Waals surface area contributed by atoms with Crippen LogP contribution in [0, 0.1) is 13.8 Å². The predicted octanol–water partition coefficient (Wildman–Crippen LogP) is 3.69. The minimum absolute atomic E-state index is 0.00662. The average Bonchev–Trinajstić information content (AvgIpc) is 3.37. The molecule has 1 amide bonds. The number of nitrogens with one attached hydrogen (secondary N) is 1. The SMILES string of the molecule is Cc1cccc(N2CCN(Cc3cccc(OCCCNC(=O)[C@H]4CCCO4)c3)CC2)c1C. The van der Waals surface area contributed by atoms with Crippen LogP contribution >= 0.6 is 0 Å². The molecule has 0 saturated carbocycles. The van der Waals surface area contributed by atoms with E-state index in [1.807, 2.05) is 6.07 Å². The summed E-state index contributed by atoms with van der Waals surface area (Å²) in [7, 11) is 0. The molecule has 0 spiro atoms. The van der Waals surface area contributed by atoms with Gasteiger partial charge in [0.15, 0.2) is 0 Å². The third-order valence-corrected chi connectivity index (χ3v) is 6.70. The Hall–Kier alpha value is -2.57. The molecule has 178 valence electrons. The Bertz CT molecular complexity index is 919. The lowest BCUT2D eigenvalue weighted by Gasteiger charge is -2.37. The number of ether oxygens (including phenoxy) is 2. The molecule has 0 aliphatic carbocycles. The highest BCUT2D eigenvalue weighted by molar-refractivity contribution is 5.80. The van der Waals surface area contributed by atoms with E-state index in [4.69, 9.17) is 9.47 Å². The van der Waals surface area contributed by atoms with Gasteiger partial charge in [0.2, 0.25) is 5.91 Å². The molecule has 2 saturated heterocycles. The van der Waals surface area contributed by atoms with Crippen molar-refractivity contribution in [3.63, 3.8) is 0 Å². The number of hydrogen-bond donors (Lipinski definition) is 1. The van der Waals surface area contributed by atoms with E-state index in [2.05, 4.69) is 65.4 Å². The lowest BCUT2D eigenvalue weighted by Crippen LogP contribution is -2.46. The first-order chi connectivity index (χ1) is 16.1. The molecular weight excluding hydrogens is 414 g/mol. The number of anilines is 1. The normalized spacial score (nSPS) is 19.0. The molecule has 2 aromatic carbocycles. The van der Waals surface area contributed by atoms with Crippen molar-refractivity contribution < 1.29 is 14.3 Å². The second kappa shape index (κ2) is 11.5. The molecule has 2 aliphatic rings. The summed E-state index contributed by atoms with van der Waals surface area (Å²) in [5, 5.41) is 2.94. The van der Waals surface area contributed by atoms with Crippen LogP contribution in [-0.2, 0) is 16.1 Å². The van der Waals surface area contributed by atoms with E-state index in [1.165, 1.54) is 22.4 Å². The summed E-state index contributed by atoms with van der Waals surface area (Å²) in [5.74, 6) is 0.902. The van der Waals surface area contributed by atoms with Gasteiger partial charge in [0.1, 0.15) is 11.9 Å². The van der Waals surface area contributed by atoms with Gasteiger partial charge in [0.05, 0.1) is 6.61 Å². The Morgan fingerprint density at radius 3 is 2.73 bits per heavy atom. The van der Waals surface area contributed by atoms with Crippen LogP contribution in [0.3, 0.4) is 0 Å². The minimum atomic E-state index is -0.259. The van der Waals surface area contributed by atoms with Crippen LogP contribution in [0.4, 0.5) is 5.69 Å². The van der Waals surface area contributed by atoms with Gasteiger partial charge in [0.25, 0.3) is 0 Å². The summed E-state index contributed by atoms with van der Waals surface area (Å²) in [6.45, 7) is 11.5. The summed E-state index contributed by atoms with van der Waals surface area (Å²) < 4.78 is 11.3. The number of benzene rings is 2. The van der Waals surface area contributed by atoms with Crippen molar-refractivity contribution in [3.05, 3.63) is 59.2 Å². The Morgan fingerprint density at radius 1 is 1.12 bits per heavy atom.